The van der Waals surface area contributed by atoms with Crippen LogP contribution in [0.3, 0.4) is 0 Å². The van der Waals surface area contributed by atoms with Gasteiger partial charge in [0.1, 0.15) is 11.5 Å². The Labute approximate surface area is 157 Å². The highest BCUT2D eigenvalue weighted by molar-refractivity contribution is 9.10. The van der Waals surface area contributed by atoms with Crippen LogP contribution in [0.5, 0.6) is 5.75 Å². The van der Waals surface area contributed by atoms with Crippen molar-refractivity contribution >= 4 is 51.3 Å². The first-order chi connectivity index (χ1) is 11.9. The fourth-order valence-corrected chi connectivity index (χ4v) is 2.87. The molecule has 0 saturated heterocycles. The Morgan fingerprint density at radius 2 is 1.92 bits per heavy atom. The SMILES string of the molecule is CC(=O)Oc1ccc(/C=C2\C=C(c3ccc(Cl)cc3)OC2=O)cc1Br. The molecule has 0 N–H and O–H groups in total. The Balaban J connectivity index is 1.88. The second kappa shape index (κ2) is 7.25. The molecule has 2 aromatic rings. The van der Waals surface area contributed by atoms with Gasteiger partial charge in [-0.15, -0.1) is 0 Å². The minimum atomic E-state index is -0.426. The van der Waals surface area contributed by atoms with E-state index in [4.69, 9.17) is 21.1 Å². The number of ether oxygens (including phenoxy) is 2. The molecule has 0 bridgehead atoms. The molecule has 0 saturated carbocycles. The highest BCUT2D eigenvalue weighted by atomic mass is 79.9. The van der Waals surface area contributed by atoms with Crippen molar-refractivity contribution in [3.05, 3.63) is 74.7 Å². The van der Waals surface area contributed by atoms with E-state index in [1.54, 1.807) is 54.6 Å². The van der Waals surface area contributed by atoms with Crippen molar-refractivity contribution in [2.45, 2.75) is 6.92 Å². The van der Waals surface area contributed by atoms with Gasteiger partial charge in [-0.1, -0.05) is 17.7 Å². The predicted octanol–water partition coefficient (Wildman–Crippen LogP) is 5.01. The zero-order valence-corrected chi connectivity index (χ0v) is 15.4. The van der Waals surface area contributed by atoms with Gasteiger partial charge in [-0.3, -0.25) is 4.79 Å². The summed E-state index contributed by atoms with van der Waals surface area (Å²) in [4.78, 5) is 23.1. The Morgan fingerprint density at radius 3 is 2.56 bits per heavy atom. The molecular formula is C19H12BrClO4. The van der Waals surface area contributed by atoms with Gasteiger partial charge >= 0.3 is 11.9 Å². The van der Waals surface area contributed by atoms with Gasteiger partial charge in [-0.2, -0.15) is 0 Å². The van der Waals surface area contributed by atoms with Crippen molar-refractivity contribution in [3.63, 3.8) is 0 Å². The topological polar surface area (TPSA) is 52.6 Å². The van der Waals surface area contributed by atoms with E-state index in [1.807, 2.05) is 0 Å². The molecule has 1 heterocycles. The smallest absolute Gasteiger partial charge is 0.343 e. The molecule has 6 heteroatoms. The summed E-state index contributed by atoms with van der Waals surface area (Å²) in [6.45, 7) is 1.33. The molecule has 3 rings (SSSR count). The molecule has 1 aliphatic heterocycles. The molecule has 0 aromatic heterocycles. The van der Waals surface area contributed by atoms with E-state index in [2.05, 4.69) is 15.9 Å². The summed E-state index contributed by atoms with van der Waals surface area (Å²) in [5.41, 5.74) is 1.97. The molecule has 0 unspecified atom stereocenters. The number of halogens is 2. The van der Waals surface area contributed by atoms with E-state index < -0.39 is 11.9 Å². The largest absolute Gasteiger partial charge is 0.426 e. The summed E-state index contributed by atoms with van der Waals surface area (Å²) < 4.78 is 11.0. The third-order valence-corrected chi connectivity index (χ3v) is 4.26. The number of benzene rings is 2. The van der Waals surface area contributed by atoms with Gasteiger partial charge in [0.05, 0.1) is 10.0 Å². The molecule has 4 nitrogen and oxygen atoms in total. The first-order valence-electron chi connectivity index (χ1n) is 7.32. The molecule has 0 radical (unpaired) electrons. The van der Waals surface area contributed by atoms with Gasteiger partial charge in [-0.05, 0) is 70.0 Å². The number of cyclic esters (lactones) is 1. The molecule has 0 amide bonds. The molecule has 0 fully saturated rings. The maximum absolute atomic E-state index is 12.1. The lowest BCUT2D eigenvalue weighted by Crippen LogP contribution is -2.02. The van der Waals surface area contributed by atoms with Crippen molar-refractivity contribution in [1.82, 2.24) is 0 Å². The summed E-state index contributed by atoms with van der Waals surface area (Å²) >= 11 is 9.21. The Morgan fingerprint density at radius 1 is 1.20 bits per heavy atom. The van der Waals surface area contributed by atoms with Crippen LogP contribution in [0.15, 0.2) is 58.6 Å². The van der Waals surface area contributed by atoms with Crippen molar-refractivity contribution in [2.24, 2.45) is 0 Å². The maximum Gasteiger partial charge on any atom is 0.343 e. The van der Waals surface area contributed by atoms with Crippen LogP contribution < -0.4 is 4.74 Å². The van der Waals surface area contributed by atoms with Crippen LogP contribution in [0.4, 0.5) is 0 Å². The Kier molecular flexibility index (Phi) is 5.06. The van der Waals surface area contributed by atoms with Crippen molar-refractivity contribution in [2.75, 3.05) is 0 Å². The van der Waals surface area contributed by atoms with Crippen LogP contribution in [0.2, 0.25) is 5.02 Å². The molecule has 1 aliphatic rings. The second-order valence-corrected chi connectivity index (χ2v) is 6.58. The minimum Gasteiger partial charge on any atom is -0.426 e. The Hall–Kier alpha value is -2.37. The van der Waals surface area contributed by atoms with E-state index >= 15 is 0 Å². The van der Waals surface area contributed by atoms with E-state index in [9.17, 15) is 9.59 Å². The minimum absolute atomic E-state index is 0.401. The summed E-state index contributed by atoms with van der Waals surface area (Å²) in [5.74, 6) is 0.0661. The highest BCUT2D eigenvalue weighted by Gasteiger charge is 2.22. The third kappa shape index (κ3) is 4.18. The number of esters is 2. The van der Waals surface area contributed by atoms with Crippen LogP contribution in [0.25, 0.3) is 11.8 Å². The average molecular weight is 420 g/mol. The zero-order valence-electron chi connectivity index (χ0n) is 13.1. The van der Waals surface area contributed by atoms with Gasteiger partial charge in [0.2, 0.25) is 0 Å². The molecule has 0 aliphatic carbocycles. The normalized spacial score (nSPS) is 15.1. The monoisotopic (exact) mass is 418 g/mol. The molecule has 0 spiro atoms. The molecule has 2 aromatic carbocycles. The van der Waals surface area contributed by atoms with Crippen LogP contribution in [-0.2, 0) is 14.3 Å². The molecule has 0 atom stereocenters. The number of hydrogen-bond donors (Lipinski definition) is 0. The molecular weight excluding hydrogens is 408 g/mol. The Bertz CT molecular complexity index is 914. The van der Waals surface area contributed by atoms with Crippen molar-refractivity contribution in [3.8, 4) is 5.75 Å². The number of rotatable bonds is 3. The van der Waals surface area contributed by atoms with Crippen molar-refractivity contribution in [1.29, 1.82) is 0 Å². The standard InChI is InChI=1S/C19H12BrClO4/c1-11(22)24-17-7-2-12(9-16(17)20)8-14-10-18(25-19(14)23)13-3-5-15(21)6-4-13/h2-10H,1H3/b14-8+. The fraction of sp³-hybridized carbons (Fsp3) is 0.0526. The van der Waals surface area contributed by atoms with Crippen LogP contribution in [0, 0.1) is 0 Å². The van der Waals surface area contributed by atoms with Crippen LogP contribution in [-0.4, -0.2) is 11.9 Å². The van der Waals surface area contributed by atoms with Gasteiger partial charge in [-0.25, -0.2) is 4.79 Å². The van der Waals surface area contributed by atoms with Gasteiger partial charge in [0, 0.05) is 17.5 Å². The van der Waals surface area contributed by atoms with E-state index in [0.29, 0.717) is 26.6 Å². The summed E-state index contributed by atoms with van der Waals surface area (Å²) in [7, 11) is 0. The summed E-state index contributed by atoms with van der Waals surface area (Å²) in [6, 6.07) is 12.2. The maximum atomic E-state index is 12.1. The first kappa shape index (κ1) is 17.5. The number of carbonyl (C=O) groups is 2. The quantitative estimate of drug-likeness (QED) is 0.399. The average Bonchev–Trinajstić information content (AvgIpc) is 2.91. The van der Waals surface area contributed by atoms with Crippen LogP contribution >= 0.6 is 27.5 Å². The lowest BCUT2D eigenvalue weighted by Gasteiger charge is -2.04. The molecule has 126 valence electrons. The zero-order chi connectivity index (χ0) is 18.0. The predicted molar refractivity (Wildman–Crippen MR) is 98.9 cm³/mol. The van der Waals surface area contributed by atoms with Crippen LogP contribution in [0.1, 0.15) is 18.1 Å². The summed E-state index contributed by atoms with van der Waals surface area (Å²) in [6.07, 6.45) is 3.38. The van der Waals surface area contributed by atoms with E-state index in [-0.39, 0.29) is 0 Å². The number of carbonyl (C=O) groups excluding carboxylic acids is 2. The summed E-state index contributed by atoms with van der Waals surface area (Å²) in [5, 5.41) is 0.613. The van der Waals surface area contributed by atoms with Crippen molar-refractivity contribution < 1.29 is 19.1 Å². The number of hydrogen-bond acceptors (Lipinski definition) is 4. The lowest BCUT2D eigenvalue weighted by atomic mass is 10.1. The van der Waals surface area contributed by atoms with Gasteiger partial charge in [0.15, 0.2) is 0 Å². The second-order valence-electron chi connectivity index (χ2n) is 5.29. The third-order valence-electron chi connectivity index (χ3n) is 3.39. The molecule has 25 heavy (non-hydrogen) atoms. The van der Waals surface area contributed by atoms with E-state index in [1.165, 1.54) is 6.92 Å². The fourth-order valence-electron chi connectivity index (χ4n) is 2.27. The highest BCUT2D eigenvalue weighted by Crippen LogP contribution is 2.30. The first-order valence-corrected chi connectivity index (χ1v) is 8.49. The van der Waals surface area contributed by atoms with Gasteiger partial charge < -0.3 is 9.47 Å². The van der Waals surface area contributed by atoms with E-state index in [0.717, 1.165) is 11.1 Å². The lowest BCUT2D eigenvalue weighted by molar-refractivity contribution is -0.132. The van der Waals surface area contributed by atoms with Gasteiger partial charge in [0.25, 0.3) is 0 Å².